The van der Waals surface area contributed by atoms with E-state index in [1.807, 2.05) is 0 Å². The van der Waals surface area contributed by atoms with Gasteiger partial charge in [0.2, 0.25) is 11.8 Å². The number of halogens is 2. The van der Waals surface area contributed by atoms with Crippen LogP contribution in [0.2, 0.25) is 0 Å². The molecule has 4 atom stereocenters. The van der Waals surface area contributed by atoms with E-state index < -0.39 is 36.3 Å². The molecule has 1 saturated carbocycles. The van der Waals surface area contributed by atoms with Crippen LogP contribution >= 0.6 is 23.2 Å². The largest absolute Gasteiger partial charge is 0.462 e. The maximum absolute atomic E-state index is 12.9. The van der Waals surface area contributed by atoms with Crippen molar-refractivity contribution in [2.24, 2.45) is 11.8 Å². The van der Waals surface area contributed by atoms with Crippen molar-refractivity contribution in [3.63, 3.8) is 0 Å². The fraction of sp³-hybridized carbons (Fsp3) is 0.346. The van der Waals surface area contributed by atoms with E-state index in [0.717, 1.165) is 4.90 Å². The Morgan fingerprint density at radius 3 is 1.84 bits per heavy atom. The second-order valence-corrected chi connectivity index (χ2v) is 9.82. The van der Waals surface area contributed by atoms with Gasteiger partial charge in [0.25, 0.3) is 5.91 Å². The summed E-state index contributed by atoms with van der Waals surface area (Å²) in [5, 5.41) is 1.81. The number of nitrogens with zero attached hydrogens (tertiary/aromatic N) is 1. The highest BCUT2D eigenvalue weighted by atomic mass is 35.5. The van der Waals surface area contributed by atoms with Crippen molar-refractivity contribution < 1.29 is 33.4 Å². The van der Waals surface area contributed by atoms with Crippen LogP contribution in [0.3, 0.4) is 0 Å². The third-order valence-electron chi connectivity index (χ3n) is 6.29. The topological polar surface area (TPSA) is 119 Å². The molecule has 0 spiro atoms. The summed E-state index contributed by atoms with van der Waals surface area (Å²) >= 11 is 12.4. The number of anilines is 2. The summed E-state index contributed by atoms with van der Waals surface area (Å²) < 4.78 is 9.97. The molecule has 2 fully saturated rings. The molecule has 0 radical (unpaired) electrons. The lowest BCUT2D eigenvalue weighted by Gasteiger charge is -2.28. The van der Waals surface area contributed by atoms with Crippen molar-refractivity contribution in [2.45, 2.75) is 30.5 Å². The number of amides is 3. The number of benzene rings is 2. The normalized spacial score (nSPS) is 22.8. The van der Waals surface area contributed by atoms with Crippen molar-refractivity contribution in [3.8, 4) is 0 Å². The molecule has 3 amide bonds. The maximum Gasteiger partial charge on any atom is 0.338 e. The Morgan fingerprint density at radius 2 is 1.32 bits per heavy atom. The average Bonchev–Trinajstić information content (AvgIpc) is 3.12. The Balaban J connectivity index is 1.31. The lowest BCUT2D eigenvalue weighted by molar-refractivity contribution is -0.122. The van der Waals surface area contributed by atoms with E-state index in [2.05, 4.69) is 5.32 Å². The van der Waals surface area contributed by atoms with Crippen LogP contribution in [0.5, 0.6) is 0 Å². The number of nitrogens with one attached hydrogen (secondary N) is 1. The van der Waals surface area contributed by atoms with Crippen molar-refractivity contribution >= 4 is 64.2 Å². The molecule has 11 heteroatoms. The zero-order valence-corrected chi connectivity index (χ0v) is 21.3. The number of hydrogen-bond acceptors (Lipinski definition) is 7. The SMILES string of the molecule is CCOC(=O)c1ccc(NC(=O)COC(=O)c2ccc(N3C(=O)[C@@H]4C[C@@H](Cl)[C@@H](Cl)C[C@H]4C3=O)cc2)cc1. The summed E-state index contributed by atoms with van der Waals surface area (Å²) in [6, 6.07) is 11.9. The van der Waals surface area contributed by atoms with Gasteiger partial charge in [-0.05, 0) is 68.3 Å². The molecule has 1 aliphatic heterocycles. The van der Waals surface area contributed by atoms with Gasteiger partial charge >= 0.3 is 11.9 Å². The molecule has 37 heavy (non-hydrogen) atoms. The van der Waals surface area contributed by atoms with Crippen molar-refractivity contribution in [1.29, 1.82) is 0 Å². The van der Waals surface area contributed by atoms with Gasteiger partial charge < -0.3 is 14.8 Å². The van der Waals surface area contributed by atoms with E-state index in [1.165, 1.54) is 48.5 Å². The van der Waals surface area contributed by atoms with E-state index in [1.54, 1.807) is 6.92 Å². The Hall–Kier alpha value is -3.43. The number of imide groups is 1. The van der Waals surface area contributed by atoms with Gasteiger partial charge in [0.05, 0.1) is 46.0 Å². The number of alkyl halides is 2. The van der Waals surface area contributed by atoms with Gasteiger partial charge in [-0.1, -0.05) is 0 Å². The molecule has 0 aromatic heterocycles. The number of esters is 2. The summed E-state index contributed by atoms with van der Waals surface area (Å²) in [4.78, 5) is 63.1. The first kappa shape index (κ1) is 26.6. The molecule has 1 aliphatic carbocycles. The third kappa shape index (κ3) is 5.78. The van der Waals surface area contributed by atoms with Gasteiger partial charge in [-0.15, -0.1) is 23.2 Å². The van der Waals surface area contributed by atoms with Crippen LogP contribution in [0.4, 0.5) is 11.4 Å². The molecule has 2 aromatic carbocycles. The summed E-state index contributed by atoms with van der Waals surface area (Å²) in [6.45, 7) is 1.42. The molecule has 1 N–H and O–H groups in total. The molecule has 1 saturated heterocycles. The van der Waals surface area contributed by atoms with Gasteiger partial charge in [0.15, 0.2) is 6.61 Å². The summed E-state index contributed by atoms with van der Waals surface area (Å²) in [6.07, 6.45) is 0.674. The Bertz CT molecular complexity index is 1190. The molecule has 1 heterocycles. The van der Waals surface area contributed by atoms with Crippen LogP contribution in [-0.4, -0.2) is 53.6 Å². The van der Waals surface area contributed by atoms with E-state index in [-0.39, 0.29) is 34.7 Å². The van der Waals surface area contributed by atoms with Crippen molar-refractivity contribution in [3.05, 3.63) is 59.7 Å². The number of hydrogen-bond donors (Lipinski definition) is 1. The van der Waals surface area contributed by atoms with Crippen LogP contribution in [-0.2, 0) is 23.9 Å². The first-order chi connectivity index (χ1) is 17.7. The molecule has 2 aromatic rings. The smallest absolute Gasteiger partial charge is 0.338 e. The number of carbonyl (C=O) groups is 5. The highest BCUT2D eigenvalue weighted by Crippen LogP contribution is 2.43. The van der Waals surface area contributed by atoms with E-state index >= 15 is 0 Å². The van der Waals surface area contributed by atoms with Crippen molar-refractivity contribution in [1.82, 2.24) is 0 Å². The molecule has 194 valence electrons. The Kier molecular flexibility index (Phi) is 8.14. The molecular weight excluding hydrogens is 523 g/mol. The first-order valence-corrected chi connectivity index (χ1v) is 12.6. The van der Waals surface area contributed by atoms with Gasteiger partial charge in [-0.2, -0.15) is 0 Å². The monoisotopic (exact) mass is 546 g/mol. The number of rotatable bonds is 7. The molecular formula is C26H24Cl2N2O7. The molecule has 2 aliphatic rings. The molecule has 0 unspecified atom stereocenters. The highest BCUT2D eigenvalue weighted by Gasteiger charge is 2.52. The second kappa shape index (κ2) is 11.3. The van der Waals surface area contributed by atoms with Crippen LogP contribution in [0, 0.1) is 11.8 Å². The highest BCUT2D eigenvalue weighted by molar-refractivity contribution is 6.31. The maximum atomic E-state index is 12.9. The lowest BCUT2D eigenvalue weighted by atomic mass is 9.80. The number of fused-ring (bicyclic) bond motifs is 1. The van der Waals surface area contributed by atoms with Crippen LogP contribution in [0.1, 0.15) is 40.5 Å². The van der Waals surface area contributed by atoms with E-state index in [0.29, 0.717) is 29.8 Å². The number of ether oxygens (including phenoxy) is 2. The Labute approximate surface area is 223 Å². The van der Waals surface area contributed by atoms with Crippen LogP contribution < -0.4 is 10.2 Å². The van der Waals surface area contributed by atoms with Gasteiger partial charge in [0, 0.05) is 5.69 Å². The third-order valence-corrected chi connectivity index (χ3v) is 7.38. The minimum Gasteiger partial charge on any atom is -0.462 e. The fourth-order valence-corrected chi connectivity index (χ4v) is 5.00. The van der Waals surface area contributed by atoms with Gasteiger partial charge in [-0.25, -0.2) is 9.59 Å². The van der Waals surface area contributed by atoms with Crippen LogP contribution in [0.25, 0.3) is 0 Å². The first-order valence-electron chi connectivity index (χ1n) is 11.7. The predicted octanol–water partition coefficient (Wildman–Crippen LogP) is 3.77. The quantitative estimate of drug-likeness (QED) is 0.319. The van der Waals surface area contributed by atoms with Gasteiger partial charge in [0.1, 0.15) is 0 Å². The molecule has 9 nitrogen and oxygen atoms in total. The van der Waals surface area contributed by atoms with E-state index in [9.17, 15) is 24.0 Å². The molecule has 4 rings (SSSR count). The molecule has 0 bridgehead atoms. The zero-order chi connectivity index (χ0) is 26.7. The second-order valence-electron chi connectivity index (χ2n) is 8.70. The standard InChI is InChI=1S/C26H24Cl2N2O7/c1-2-36-25(34)14-3-7-16(8-4-14)29-22(31)13-37-26(35)15-5-9-17(10-6-15)30-23(32)18-11-20(27)21(28)12-19(18)24(30)33/h3-10,18-21H,2,11-13H2,1H3,(H,29,31)/t18-,19-,20-,21+/m1/s1. The minimum atomic E-state index is -0.748. The van der Waals surface area contributed by atoms with Gasteiger partial charge in [-0.3, -0.25) is 19.3 Å². The zero-order valence-electron chi connectivity index (χ0n) is 19.8. The predicted molar refractivity (Wildman–Crippen MR) is 136 cm³/mol. The van der Waals surface area contributed by atoms with E-state index in [4.69, 9.17) is 32.7 Å². The summed E-state index contributed by atoms with van der Waals surface area (Å²) in [7, 11) is 0. The number of carbonyl (C=O) groups excluding carboxylic acids is 5. The minimum absolute atomic E-state index is 0.147. The summed E-state index contributed by atoms with van der Waals surface area (Å²) in [5.41, 5.74) is 1.24. The average molecular weight is 547 g/mol. The van der Waals surface area contributed by atoms with Crippen LogP contribution in [0.15, 0.2) is 48.5 Å². The fourth-order valence-electron chi connectivity index (χ4n) is 4.41. The lowest BCUT2D eigenvalue weighted by Crippen LogP contribution is -2.34. The Morgan fingerprint density at radius 1 is 0.838 bits per heavy atom. The van der Waals surface area contributed by atoms with Crippen molar-refractivity contribution in [2.75, 3.05) is 23.4 Å². The summed E-state index contributed by atoms with van der Waals surface area (Å²) in [5.74, 6) is -3.45.